The lowest BCUT2D eigenvalue weighted by molar-refractivity contribution is 0.604. The van der Waals surface area contributed by atoms with Gasteiger partial charge < -0.3 is 9.32 Å². The summed E-state index contributed by atoms with van der Waals surface area (Å²) in [6, 6.07) is 53.3. The second-order valence-corrected chi connectivity index (χ2v) is 15.8. The second kappa shape index (κ2) is 11.8. The molecule has 2 aliphatic rings. The minimum Gasteiger partial charge on any atom is -0.456 e. The average molecular weight is 696 g/mol. The molecule has 0 saturated heterocycles. The van der Waals surface area contributed by atoms with Crippen LogP contribution < -0.4 is 4.90 Å². The van der Waals surface area contributed by atoms with E-state index in [1.54, 1.807) is 0 Å². The molecule has 54 heavy (non-hydrogen) atoms. The lowest BCUT2D eigenvalue weighted by Gasteiger charge is -2.31. The summed E-state index contributed by atoms with van der Waals surface area (Å²) in [4.78, 5) is 2.49. The average Bonchev–Trinajstić information content (AvgIpc) is 3.75. The highest BCUT2D eigenvalue weighted by atomic mass is 16.3. The van der Waals surface area contributed by atoms with Crippen molar-refractivity contribution < 1.29 is 4.42 Å². The molecule has 0 aliphatic heterocycles. The smallest absolute Gasteiger partial charge is 0.136 e. The summed E-state index contributed by atoms with van der Waals surface area (Å²) in [7, 11) is 0. The van der Waals surface area contributed by atoms with Crippen LogP contribution in [0.25, 0.3) is 62.2 Å². The third-order valence-corrected chi connectivity index (χ3v) is 12.1. The molecule has 0 saturated carbocycles. The van der Waals surface area contributed by atoms with E-state index in [4.69, 9.17) is 4.42 Å². The van der Waals surface area contributed by atoms with Gasteiger partial charge in [0.15, 0.2) is 0 Å². The zero-order chi connectivity index (χ0) is 36.8. The molecule has 0 bridgehead atoms. The Labute approximate surface area is 317 Å². The largest absolute Gasteiger partial charge is 0.456 e. The minimum atomic E-state index is -0.131. The van der Waals surface area contributed by atoms with Crippen LogP contribution in [0.2, 0.25) is 0 Å². The zero-order valence-corrected chi connectivity index (χ0v) is 31.2. The van der Waals surface area contributed by atoms with Gasteiger partial charge in [0, 0.05) is 33.0 Å². The van der Waals surface area contributed by atoms with Crippen LogP contribution in [0.1, 0.15) is 66.8 Å². The van der Waals surface area contributed by atoms with Crippen LogP contribution >= 0.6 is 0 Å². The summed E-state index contributed by atoms with van der Waals surface area (Å²) in [6.07, 6.45) is 6.26. The molecule has 2 aliphatic carbocycles. The topological polar surface area (TPSA) is 16.4 Å². The van der Waals surface area contributed by atoms with Crippen LogP contribution in [0.4, 0.5) is 17.1 Å². The van der Waals surface area contributed by atoms with E-state index >= 15 is 0 Å². The third kappa shape index (κ3) is 4.66. The first-order chi connectivity index (χ1) is 26.3. The maximum atomic E-state index is 6.37. The van der Waals surface area contributed by atoms with E-state index in [2.05, 4.69) is 197 Å². The minimum absolute atomic E-state index is 0.123. The van der Waals surface area contributed by atoms with E-state index in [-0.39, 0.29) is 10.8 Å². The molecular weight excluding hydrogens is 655 g/mol. The molecule has 7 aromatic carbocycles. The molecular formula is C52H41NO. The number of rotatable bonds is 6. The molecule has 0 amide bonds. The summed E-state index contributed by atoms with van der Waals surface area (Å²) < 4.78 is 6.37. The molecule has 1 aromatic heterocycles. The normalized spacial score (nSPS) is 14.6. The van der Waals surface area contributed by atoms with E-state index in [9.17, 15) is 0 Å². The molecule has 0 atom stereocenters. The van der Waals surface area contributed by atoms with Crippen molar-refractivity contribution in [2.75, 3.05) is 4.90 Å². The van der Waals surface area contributed by atoms with Gasteiger partial charge in [-0.3, -0.25) is 0 Å². The number of hydrogen-bond donors (Lipinski definition) is 0. The fraction of sp³-hybridized carbons (Fsp3) is 0.115. The summed E-state index contributed by atoms with van der Waals surface area (Å²) in [6.45, 7) is 13.5. The number of nitrogens with zero attached hydrogens (tertiary/aromatic N) is 1. The highest BCUT2D eigenvalue weighted by molar-refractivity contribution is 6.03. The molecule has 0 fully saturated rings. The SMILES string of the molecule is C=Cc1oc2cc3ccccc3cc2c1/C=C/c1ccccc1N(c1ccc2c(c1)C(C)(C)c1ccccc1-2)c1cccc2c1-c1ccccc1C2(C)C. The van der Waals surface area contributed by atoms with E-state index < -0.39 is 0 Å². The predicted molar refractivity (Wildman–Crippen MR) is 229 cm³/mol. The van der Waals surface area contributed by atoms with Crippen LogP contribution in [-0.4, -0.2) is 0 Å². The summed E-state index contributed by atoms with van der Waals surface area (Å²) >= 11 is 0. The third-order valence-electron chi connectivity index (χ3n) is 12.1. The first-order valence-corrected chi connectivity index (χ1v) is 18.9. The number of para-hydroxylation sites is 1. The Bertz CT molecular complexity index is 2860. The maximum Gasteiger partial charge on any atom is 0.136 e. The Morgan fingerprint density at radius 3 is 1.94 bits per heavy atom. The van der Waals surface area contributed by atoms with Gasteiger partial charge in [-0.2, -0.15) is 0 Å². The summed E-state index contributed by atoms with van der Waals surface area (Å²) in [5.74, 6) is 0.769. The molecule has 0 unspecified atom stereocenters. The fourth-order valence-corrected chi connectivity index (χ4v) is 9.31. The van der Waals surface area contributed by atoms with Gasteiger partial charge in [-0.05, 0) is 104 Å². The Kier molecular flexibility index (Phi) is 7.06. The van der Waals surface area contributed by atoms with Gasteiger partial charge in [-0.1, -0.05) is 150 Å². The van der Waals surface area contributed by atoms with E-state index in [0.717, 1.165) is 44.6 Å². The molecule has 0 N–H and O–H groups in total. The van der Waals surface area contributed by atoms with Crippen molar-refractivity contribution in [3.05, 3.63) is 191 Å². The zero-order valence-electron chi connectivity index (χ0n) is 31.2. The lowest BCUT2D eigenvalue weighted by atomic mass is 9.82. The van der Waals surface area contributed by atoms with Crippen molar-refractivity contribution in [1.82, 2.24) is 0 Å². The molecule has 2 heteroatoms. The van der Waals surface area contributed by atoms with Gasteiger partial charge in [0.1, 0.15) is 11.3 Å². The monoisotopic (exact) mass is 695 g/mol. The number of furan rings is 1. The van der Waals surface area contributed by atoms with Crippen molar-refractivity contribution in [3.63, 3.8) is 0 Å². The summed E-state index contributed by atoms with van der Waals surface area (Å²) in [5.41, 5.74) is 16.8. The van der Waals surface area contributed by atoms with Gasteiger partial charge in [0.25, 0.3) is 0 Å². The van der Waals surface area contributed by atoms with Crippen LogP contribution in [0.3, 0.4) is 0 Å². The standard InChI is InChI=1S/C52H41NO/c1-6-48-39(41-30-34-17-7-8-18-35(34)31-49(41)54-48)28-26-33-16-9-14-24-46(33)53(36-27-29-38-37-19-10-12-21-42(37)52(4,5)45(38)32-36)47-25-15-23-44-50(47)40-20-11-13-22-43(40)51(44,2)3/h6-32H,1H2,2-5H3/b28-26+. The van der Waals surface area contributed by atoms with Crippen molar-refractivity contribution >= 4 is 57.0 Å². The van der Waals surface area contributed by atoms with Crippen molar-refractivity contribution in [2.45, 2.75) is 38.5 Å². The van der Waals surface area contributed by atoms with Crippen LogP contribution in [-0.2, 0) is 10.8 Å². The second-order valence-electron chi connectivity index (χ2n) is 15.8. The van der Waals surface area contributed by atoms with Crippen molar-refractivity contribution in [2.24, 2.45) is 0 Å². The van der Waals surface area contributed by atoms with E-state index in [0.29, 0.717) is 0 Å². The highest BCUT2D eigenvalue weighted by Crippen LogP contribution is 2.56. The van der Waals surface area contributed by atoms with Crippen LogP contribution in [0.5, 0.6) is 0 Å². The molecule has 0 spiro atoms. The first kappa shape index (κ1) is 32.3. The Balaban J connectivity index is 1.20. The van der Waals surface area contributed by atoms with Gasteiger partial charge in [0.2, 0.25) is 0 Å². The maximum absolute atomic E-state index is 6.37. The Morgan fingerprint density at radius 2 is 1.15 bits per heavy atom. The van der Waals surface area contributed by atoms with Crippen molar-refractivity contribution in [3.8, 4) is 22.3 Å². The van der Waals surface area contributed by atoms with Crippen LogP contribution in [0, 0.1) is 0 Å². The Hall–Kier alpha value is -6.38. The molecule has 1 heterocycles. The Morgan fingerprint density at radius 1 is 0.537 bits per heavy atom. The molecule has 0 radical (unpaired) electrons. The van der Waals surface area contributed by atoms with E-state index in [1.165, 1.54) is 55.6 Å². The van der Waals surface area contributed by atoms with Gasteiger partial charge in [0.05, 0.1) is 11.4 Å². The number of benzene rings is 7. The number of fused-ring (bicyclic) bond motifs is 8. The summed E-state index contributed by atoms with van der Waals surface area (Å²) in [5, 5.41) is 3.42. The number of anilines is 3. The molecule has 2 nitrogen and oxygen atoms in total. The van der Waals surface area contributed by atoms with Gasteiger partial charge >= 0.3 is 0 Å². The van der Waals surface area contributed by atoms with Gasteiger partial charge in [-0.15, -0.1) is 0 Å². The molecule has 260 valence electrons. The number of hydrogen-bond acceptors (Lipinski definition) is 2. The first-order valence-electron chi connectivity index (χ1n) is 18.9. The molecule has 10 rings (SSSR count). The van der Waals surface area contributed by atoms with E-state index in [1.807, 2.05) is 6.08 Å². The van der Waals surface area contributed by atoms with Crippen LogP contribution in [0.15, 0.2) is 157 Å². The van der Waals surface area contributed by atoms with Gasteiger partial charge in [-0.25, -0.2) is 0 Å². The quantitative estimate of drug-likeness (QED) is 0.172. The fourth-order valence-electron chi connectivity index (χ4n) is 9.31. The predicted octanol–water partition coefficient (Wildman–Crippen LogP) is 14.5. The molecule has 8 aromatic rings. The van der Waals surface area contributed by atoms with Crippen molar-refractivity contribution in [1.29, 1.82) is 0 Å². The highest BCUT2D eigenvalue weighted by Gasteiger charge is 2.39. The lowest BCUT2D eigenvalue weighted by Crippen LogP contribution is -2.18.